The van der Waals surface area contributed by atoms with Gasteiger partial charge in [-0.2, -0.15) is 5.10 Å². The Bertz CT molecular complexity index is 946. The number of carbonyl (C=O) groups excluding carboxylic acids is 1. The number of hydrogen-bond donors (Lipinski definition) is 2. The van der Waals surface area contributed by atoms with Gasteiger partial charge in [0.05, 0.1) is 17.1 Å². The Labute approximate surface area is 163 Å². The Morgan fingerprint density at radius 1 is 1.26 bits per heavy atom. The molecule has 3 rings (SSSR count). The Morgan fingerprint density at radius 3 is 2.85 bits per heavy atom. The first-order valence-corrected chi connectivity index (χ1v) is 9.93. The second kappa shape index (κ2) is 8.39. The molecule has 27 heavy (non-hydrogen) atoms. The molecule has 0 aliphatic heterocycles. The van der Waals surface area contributed by atoms with Crippen molar-refractivity contribution < 1.29 is 4.79 Å². The summed E-state index contributed by atoms with van der Waals surface area (Å²) in [5.41, 5.74) is 4.04. The predicted octanol–water partition coefficient (Wildman–Crippen LogP) is 3.60. The van der Waals surface area contributed by atoms with Crippen molar-refractivity contribution in [2.45, 2.75) is 45.7 Å². The lowest BCUT2D eigenvalue weighted by Crippen LogP contribution is -2.17. The van der Waals surface area contributed by atoms with Crippen LogP contribution in [0.3, 0.4) is 0 Å². The summed E-state index contributed by atoms with van der Waals surface area (Å²) < 4.78 is 1.78. The number of thioether (sulfide) groups is 1. The van der Waals surface area contributed by atoms with Crippen molar-refractivity contribution in [1.29, 1.82) is 0 Å². The number of aromatic amines is 1. The molecule has 0 aliphatic carbocycles. The van der Waals surface area contributed by atoms with Crippen LogP contribution in [-0.2, 0) is 11.2 Å². The first-order valence-electron chi connectivity index (χ1n) is 8.94. The molecule has 1 amide bonds. The van der Waals surface area contributed by atoms with Crippen LogP contribution in [0.2, 0.25) is 0 Å². The number of carbonyl (C=O) groups is 1. The molecule has 142 valence electrons. The summed E-state index contributed by atoms with van der Waals surface area (Å²) in [4.78, 5) is 16.8. The van der Waals surface area contributed by atoms with Crippen LogP contribution in [-0.4, -0.2) is 36.6 Å². The van der Waals surface area contributed by atoms with Crippen LogP contribution in [0.5, 0.6) is 0 Å². The Morgan fingerprint density at radius 2 is 2.07 bits per heavy atom. The third-order valence-electron chi connectivity index (χ3n) is 4.02. The SMILES string of the molecule is CCCc1nc(SCC(=O)Nc2cc(C)nn2-c2cc(C)ccc2C)n[nH]1. The molecule has 7 nitrogen and oxygen atoms in total. The van der Waals surface area contributed by atoms with Gasteiger partial charge in [-0.25, -0.2) is 9.67 Å². The van der Waals surface area contributed by atoms with E-state index in [-0.39, 0.29) is 11.7 Å². The molecule has 0 bridgehead atoms. The lowest BCUT2D eigenvalue weighted by Gasteiger charge is -2.11. The van der Waals surface area contributed by atoms with E-state index in [1.807, 2.05) is 26.8 Å². The smallest absolute Gasteiger partial charge is 0.236 e. The summed E-state index contributed by atoms with van der Waals surface area (Å²) >= 11 is 1.31. The minimum absolute atomic E-state index is 0.117. The minimum Gasteiger partial charge on any atom is -0.310 e. The van der Waals surface area contributed by atoms with Crippen molar-refractivity contribution in [2.24, 2.45) is 0 Å². The molecule has 0 radical (unpaired) electrons. The van der Waals surface area contributed by atoms with Crippen molar-refractivity contribution in [1.82, 2.24) is 25.0 Å². The van der Waals surface area contributed by atoms with Gasteiger partial charge in [0.1, 0.15) is 11.6 Å². The number of nitrogens with zero attached hydrogens (tertiary/aromatic N) is 4. The fourth-order valence-corrected chi connectivity index (χ4v) is 3.34. The second-order valence-electron chi connectivity index (χ2n) is 6.52. The highest BCUT2D eigenvalue weighted by Crippen LogP contribution is 2.22. The van der Waals surface area contributed by atoms with Gasteiger partial charge in [0, 0.05) is 12.5 Å². The monoisotopic (exact) mass is 384 g/mol. The van der Waals surface area contributed by atoms with Gasteiger partial charge < -0.3 is 5.32 Å². The zero-order valence-electron chi connectivity index (χ0n) is 16.0. The third kappa shape index (κ3) is 4.77. The number of aryl methyl sites for hydroxylation is 4. The number of benzene rings is 1. The number of aromatic nitrogens is 5. The Hall–Kier alpha value is -2.61. The molecular weight excluding hydrogens is 360 g/mol. The highest BCUT2D eigenvalue weighted by atomic mass is 32.2. The van der Waals surface area contributed by atoms with Gasteiger partial charge >= 0.3 is 0 Å². The topological polar surface area (TPSA) is 88.5 Å². The number of nitrogens with one attached hydrogen (secondary N) is 2. The van der Waals surface area contributed by atoms with Gasteiger partial charge in [-0.3, -0.25) is 9.89 Å². The largest absolute Gasteiger partial charge is 0.310 e. The standard InChI is InChI=1S/C19H24N6OS/c1-5-6-16-20-19(23-22-16)27-11-18(26)21-17-10-14(4)24-25(17)15-9-12(2)7-8-13(15)3/h7-10H,5-6,11H2,1-4H3,(H,21,26)(H,20,22,23). The van der Waals surface area contributed by atoms with E-state index in [0.29, 0.717) is 11.0 Å². The van der Waals surface area contributed by atoms with E-state index in [1.165, 1.54) is 11.8 Å². The molecule has 0 unspecified atom stereocenters. The minimum atomic E-state index is -0.117. The van der Waals surface area contributed by atoms with Crippen LogP contribution in [0.25, 0.3) is 5.69 Å². The fraction of sp³-hybridized carbons (Fsp3) is 0.368. The van der Waals surface area contributed by atoms with Gasteiger partial charge in [0.2, 0.25) is 11.1 Å². The van der Waals surface area contributed by atoms with Crippen molar-refractivity contribution in [2.75, 3.05) is 11.1 Å². The summed E-state index contributed by atoms with van der Waals surface area (Å²) in [5.74, 6) is 1.63. The number of anilines is 1. The molecule has 0 aliphatic rings. The molecule has 2 heterocycles. The van der Waals surface area contributed by atoms with E-state index in [1.54, 1.807) is 4.68 Å². The molecule has 0 saturated carbocycles. The molecule has 2 N–H and O–H groups in total. The molecule has 1 aromatic carbocycles. The Kier molecular flexibility index (Phi) is 5.95. The van der Waals surface area contributed by atoms with Crippen LogP contribution in [0.1, 0.15) is 36.0 Å². The van der Waals surface area contributed by atoms with E-state index in [0.717, 1.165) is 41.2 Å². The predicted molar refractivity (Wildman–Crippen MR) is 108 cm³/mol. The number of amides is 1. The van der Waals surface area contributed by atoms with Crippen molar-refractivity contribution in [3.63, 3.8) is 0 Å². The first kappa shape index (κ1) is 19.2. The van der Waals surface area contributed by atoms with Gasteiger partial charge in [-0.15, -0.1) is 5.10 Å². The van der Waals surface area contributed by atoms with Gasteiger partial charge in [-0.1, -0.05) is 30.8 Å². The van der Waals surface area contributed by atoms with Crippen LogP contribution in [0, 0.1) is 20.8 Å². The van der Waals surface area contributed by atoms with Crippen molar-refractivity contribution >= 4 is 23.5 Å². The van der Waals surface area contributed by atoms with Crippen LogP contribution in [0.15, 0.2) is 29.4 Å². The van der Waals surface area contributed by atoms with Gasteiger partial charge in [0.15, 0.2) is 0 Å². The molecule has 0 atom stereocenters. The van der Waals surface area contributed by atoms with Crippen LogP contribution < -0.4 is 5.32 Å². The first-order chi connectivity index (χ1) is 13.0. The van der Waals surface area contributed by atoms with Crippen molar-refractivity contribution in [3.8, 4) is 5.69 Å². The summed E-state index contributed by atoms with van der Waals surface area (Å²) in [6.45, 7) is 8.07. The van der Waals surface area contributed by atoms with E-state index in [2.05, 4.69) is 50.7 Å². The molecule has 3 aromatic rings. The van der Waals surface area contributed by atoms with Crippen LogP contribution >= 0.6 is 11.8 Å². The average Bonchev–Trinajstić information content (AvgIpc) is 3.22. The molecule has 2 aromatic heterocycles. The Balaban J connectivity index is 1.70. The maximum Gasteiger partial charge on any atom is 0.236 e. The fourth-order valence-electron chi connectivity index (χ4n) is 2.72. The number of rotatable bonds is 7. The maximum atomic E-state index is 12.4. The zero-order valence-corrected chi connectivity index (χ0v) is 16.9. The molecule has 0 saturated heterocycles. The molecule has 8 heteroatoms. The summed E-state index contributed by atoms with van der Waals surface area (Å²) in [7, 11) is 0. The van der Waals surface area contributed by atoms with Crippen LogP contribution in [0.4, 0.5) is 5.82 Å². The normalized spacial score (nSPS) is 11.0. The number of hydrogen-bond acceptors (Lipinski definition) is 5. The zero-order chi connectivity index (χ0) is 19.4. The number of H-pyrrole nitrogens is 1. The third-order valence-corrected chi connectivity index (χ3v) is 4.87. The van der Waals surface area contributed by atoms with E-state index in [9.17, 15) is 4.79 Å². The quantitative estimate of drug-likeness (QED) is 0.608. The van der Waals surface area contributed by atoms with E-state index in [4.69, 9.17) is 0 Å². The highest BCUT2D eigenvalue weighted by Gasteiger charge is 2.14. The maximum absolute atomic E-state index is 12.4. The highest BCUT2D eigenvalue weighted by molar-refractivity contribution is 7.99. The molecule has 0 spiro atoms. The molecule has 0 fully saturated rings. The van der Waals surface area contributed by atoms with Gasteiger partial charge in [-0.05, 0) is 44.4 Å². The summed E-state index contributed by atoms with van der Waals surface area (Å²) in [6.07, 6.45) is 1.86. The van der Waals surface area contributed by atoms with E-state index < -0.39 is 0 Å². The molecular formula is C19H24N6OS. The average molecular weight is 385 g/mol. The summed E-state index contributed by atoms with van der Waals surface area (Å²) in [5, 5.41) is 15.1. The lowest BCUT2D eigenvalue weighted by molar-refractivity contribution is -0.113. The lowest BCUT2D eigenvalue weighted by atomic mass is 10.1. The van der Waals surface area contributed by atoms with E-state index >= 15 is 0 Å². The second-order valence-corrected chi connectivity index (χ2v) is 7.47. The van der Waals surface area contributed by atoms with Crippen molar-refractivity contribution in [3.05, 3.63) is 46.9 Å². The van der Waals surface area contributed by atoms with Gasteiger partial charge in [0.25, 0.3) is 0 Å². The summed E-state index contributed by atoms with van der Waals surface area (Å²) in [6, 6.07) is 8.06.